The Labute approximate surface area is 175 Å². The number of para-hydroxylation sites is 1. The molecule has 2 aromatic carbocycles. The van der Waals surface area contributed by atoms with E-state index in [1.165, 1.54) is 30.3 Å². The molecule has 0 aliphatic heterocycles. The molecule has 0 bridgehead atoms. The third kappa shape index (κ3) is 5.23. The summed E-state index contributed by atoms with van der Waals surface area (Å²) in [7, 11) is 0. The molecule has 11 heteroatoms. The van der Waals surface area contributed by atoms with E-state index in [-0.39, 0.29) is 34.9 Å². The zero-order valence-electron chi connectivity index (χ0n) is 15.0. The van der Waals surface area contributed by atoms with Crippen LogP contribution >= 0.6 is 15.9 Å². The monoisotopic (exact) mass is 484 g/mol. The van der Waals surface area contributed by atoms with E-state index in [4.69, 9.17) is 5.41 Å². The zero-order chi connectivity index (χ0) is 21.9. The fourth-order valence-electron chi connectivity index (χ4n) is 2.62. The lowest BCUT2D eigenvalue weighted by Crippen LogP contribution is -2.20. The Hall–Kier alpha value is -3.21. The number of anilines is 2. The Balaban J connectivity index is 1.99. The van der Waals surface area contributed by atoms with E-state index in [0.29, 0.717) is 4.47 Å². The molecular weight excluding hydrogens is 472 g/mol. The number of halogens is 5. The molecule has 0 aliphatic carbocycles. The Morgan fingerprint density at radius 3 is 2.67 bits per heavy atom. The van der Waals surface area contributed by atoms with Crippen molar-refractivity contribution in [3.8, 4) is 5.75 Å². The molecule has 3 aromatic rings. The lowest BCUT2D eigenvalue weighted by Gasteiger charge is -2.14. The van der Waals surface area contributed by atoms with Gasteiger partial charge in [-0.3, -0.25) is 4.79 Å². The van der Waals surface area contributed by atoms with Gasteiger partial charge in [-0.05, 0) is 40.2 Å². The number of alkyl halides is 3. The summed E-state index contributed by atoms with van der Waals surface area (Å²) >= 11 is 3.24. The second-order valence-corrected chi connectivity index (χ2v) is 6.86. The van der Waals surface area contributed by atoms with Crippen molar-refractivity contribution in [2.75, 3.05) is 5.32 Å². The number of ether oxygens (including phenoxy) is 1. The number of rotatable bonds is 6. The topological polar surface area (TPSA) is 90.9 Å². The van der Waals surface area contributed by atoms with Gasteiger partial charge in [0.25, 0.3) is 5.56 Å². The summed E-state index contributed by atoms with van der Waals surface area (Å²) in [4.78, 5) is 19.0. The number of nitrogens with zero attached hydrogens (tertiary/aromatic N) is 1. The van der Waals surface area contributed by atoms with E-state index in [9.17, 15) is 22.4 Å². The van der Waals surface area contributed by atoms with E-state index < -0.39 is 23.5 Å². The molecule has 1 aromatic heterocycles. The predicted molar refractivity (Wildman–Crippen MR) is 106 cm³/mol. The molecular formula is C19H13BrF4N4O2. The maximum absolute atomic E-state index is 13.6. The molecule has 0 fully saturated rings. The molecule has 0 atom stereocenters. The van der Waals surface area contributed by atoms with Crippen LogP contribution in [-0.4, -0.2) is 22.5 Å². The van der Waals surface area contributed by atoms with Gasteiger partial charge in [-0.2, -0.15) is 0 Å². The Morgan fingerprint density at radius 2 is 1.97 bits per heavy atom. The molecule has 6 nitrogen and oxygen atoms in total. The number of nitrogens with one attached hydrogen (secondary N) is 3. The highest BCUT2D eigenvalue weighted by Crippen LogP contribution is 2.29. The summed E-state index contributed by atoms with van der Waals surface area (Å²) < 4.78 is 56.0. The second kappa shape index (κ2) is 8.66. The summed E-state index contributed by atoms with van der Waals surface area (Å²) in [5.74, 6) is -0.991. The van der Waals surface area contributed by atoms with Crippen LogP contribution in [0.2, 0.25) is 0 Å². The van der Waals surface area contributed by atoms with Crippen molar-refractivity contribution in [2.45, 2.75) is 12.8 Å². The number of aromatic nitrogens is 2. The Bertz CT molecular complexity index is 1150. The van der Waals surface area contributed by atoms with Crippen molar-refractivity contribution in [3.63, 3.8) is 0 Å². The average Bonchev–Trinajstić information content (AvgIpc) is 2.65. The normalized spacial score (nSPS) is 11.2. The van der Waals surface area contributed by atoms with Crippen molar-refractivity contribution >= 4 is 33.6 Å². The minimum atomic E-state index is -4.88. The van der Waals surface area contributed by atoms with E-state index >= 15 is 0 Å². The van der Waals surface area contributed by atoms with Gasteiger partial charge < -0.3 is 20.4 Å². The van der Waals surface area contributed by atoms with Gasteiger partial charge in [0.15, 0.2) is 0 Å². The number of benzene rings is 2. The first-order valence-electron chi connectivity index (χ1n) is 8.35. The first kappa shape index (κ1) is 21.5. The van der Waals surface area contributed by atoms with E-state index in [1.807, 2.05) is 0 Å². The molecule has 0 amide bonds. The van der Waals surface area contributed by atoms with Gasteiger partial charge in [0.05, 0.1) is 11.3 Å². The largest absolute Gasteiger partial charge is 0.573 e. The first-order valence-corrected chi connectivity index (χ1v) is 9.15. The molecule has 0 saturated heterocycles. The van der Waals surface area contributed by atoms with Gasteiger partial charge in [0.1, 0.15) is 23.2 Å². The van der Waals surface area contributed by atoms with Gasteiger partial charge in [-0.25, -0.2) is 9.37 Å². The lowest BCUT2D eigenvalue weighted by molar-refractivity contribution is -0.274. The average molecular weight is 485 g/mol. The number of aromatic amines is 1. The molecule has 1 heterocycles. The van der Waals surface area contributed by atoms with E-state index in [2.05, 4.69) is 36.0 Å². The van der Waals surface area contributed by atoms with Crippen molar-refractivity contribution in [1.82, 2.24) is 9.97 Å². The predicted octanol–water partition coefficient (Wildman–Crippen LogP) is 4.90. The fraction of sp³-hybridized carbons (Fsp3) is 0.105. The summed E-state index contributed by atoms with van der Waals surface area (Å²) in [5, 5.41) is 10.2. The van der Waals surface area contributed by atoms with Gasteiger partial charge in [-0.1, -0.05) is 18.2 Å². The molecule has 156 valence electrons. The molecule has 0 unspecified atom stereocenters. The SMILES string of the molecule is N=Cc1c(Nc2cc(F)ccc2Br)nc(Cc2ccccc2OC(F)(F)F)[nH]c1=O. The van der Waals surface area contributed by atoms with E-state index in [1.54, 1.807) is 0 Å². The quantitative estimate of drug-likeness (QED) is 0.342. The van der Waals surface area contributed by atoms with Crippen LogP contribution in [0.15, 0.2) is 51.7 Å². The summed E-state index contributed by atoms with van der Waals surface area (Å²) in [6.45, 7) is 0. The lowest BCUT2D eigenvalue weighted by atomic mass is 10.1. The van der Waals surface area contributed by atoms with Crippen LogP contribution < -0.4 is 15.6 Å². The van der Waals surface area contributed by atoms with Crippen molar-refractivity contribution in [1.29, 1.82) is 5.41 Å². The highest BCUT2D eigenvalue weighted by molar-refractivity contribution is 9.10. The molecule has 0 spiro atoms. The second-order valence-electron chi connectivity index (χ2n) is 6.00. The number of hydrogen-bond acceptors (Lipinski definition) is 5. The number of hydrogen-bond donors (Lipinski definition) is 3. The number of H-pyrrole nitrogens is 1. The summed E-state index contributed by atoms with van der Waals surface area (Å²) in [6.07, 6.45) is -4.29. The molecule has 0 aliphatic rings. The highest BCUT2D eigenvalue weighted by atomic mass is 79.9. The molecule has 0 radical (unpaired) electrons. The molecule has 3 rings (SSSR count). The van der Waals surface area contributed by atoms with Gasteiger partial charge in [-0.15, -0.1) is 13.2 Å². The summed E-state index contributed by atoms with van der Waals surface area (Å²) in [5.41, 5.74) is -0.421. The molecule has 0 saturated carbocycles. The van der Waals surface area contributed by atoms with Crippen LogP contribution in [-0.2, 0) is 6.42 Å². The third-order valence-electron chi connectivity index (χ3n) is 3.89. The minimum Gasteiger partial charge on any atom is -0.405 e. The molecule has 30 heavy (non-hydrogen) atoms. The van der Waals surface area contributed by atoms with E-state index in [0.717, 1.165) is 18.3 Å². The maximum Gasteiger partial charge on any atom is 0.573 e. The zero-order valence-corrected chi connectivity index (χ0v) is 16.6. The van der Waals surface area contributed by atoms with Crippen LogP contribution in [0.25, 0.3) is 0 Å². The first-order chi connectivity index (χ1) is 14.2. The van der Waals surface area contributed by atoms with Crippen LogP contribution in [0.5, 0.6) is 5.75 Å². The third-order valence-corrected chi connectivity index (χ3v) is 4.58. The molecule has 3 N–H and O–H groups in total. The van der Waals surface area contributed by atoms with Gasteiger partial charge >= 0.3 is 6.36 Å². The van der Waals surface area contributed by atoms with Crippen molar-refractivity contribution in [3.05, 3.63) is 80.1 Å². The van der Waals surface area contributed by atoms with Crippen molar-refractivity contribution < 1.29 is 22.3 Å². The fourth-order valence-corrected chi connectivity index (χ4v) is 2.96. The van der Waals surface area contributed by atoms with Crippen molar-refractivity contribution in [2.24, 2.45) is 0 Å². The standard InChI is InChI=1S/C19H13BrF4N4O2/c20-13-6-5-11(21)8-14(13)26-17-12(9-25)18(29)28-16(27-17)7-10-3-1-2-4-15(10)30-19(22,23)24/h1-6,8-9,25H,7H2,(H2,26,27,28,29). The van der Waals surface area contributed by atoms with Crippen LogP contribution in [0, 0.1) is 11.2 Å². The summed E-state index contributed by atoms with van der Waals surface area (Å²) in [6, 6.07) is 9.28. The van der Waals surface area contributed by atoms with Crippen LogP contribution in [0.4, 0.5) is 29.1 Å². The smallest absolute Gasteiger partial charge is 0.405 e. The van der Waals surface area contributed by atoms with Crippen LogP contribution in [0.3, 0.4) is 0 Å². The highest BCUT2D eigenvalue weighted by Gasteiger charge is 2.32. The maximum atomic E-state index is 13.6. The Kier molecular flexibility index (Phi) is 6.20. The van der Waals surface area contributed by atoms with Gasteiger partial charge in [0.2, 0.25) is 0 Å². The minimum absolute atomic E-state index is 0.0267. The van der Waals surface area contributed by atoms with Gasteiger partial charge in [0, 0.05) is 22.7 Å². The van der Waals surface area contributed by atoms with Crippen LogP contribution in [0.1, 0.15) is 17.0 Å². The Morgan fingerprint density at radius 1 is 1.23 bits per heavy atom.